The Hall–Kier alpha value is -0.465. The van der Waals surface area contributed by atoms with Crippen molar-refractivity contribution in [2.75, 3.05) is 6.61 Å². The first-order valence-corrected chi connectivity index (χ1v) is 7.30. The van der Waals surface area contributed by atoms with Gasteiger partial charge in [-0.25, -0.2) is 0 Å². The van der Waals surface area contributed by atoms with Crippen molar-refractivity contribution in [2.24, 2.45) is 5.92 Å². The minimum atomic E-state index is -0.138. The lowest BCUT2D eigenvalue weighted by molar-refractivity contribution is -0.141. The summed E-state index contributed by atoms with van der Waals surface area (Å²) in [5.41, 5.74) is 0. The predicted octanol–water partition coefficient (Wildman–Crippen LogP) is 3.79. The molecule has 2 nitrogen and oxygen atoms in total. The number of esters is 1. The van der Waals surface area contributed by atoms with E-state index in [-0.39, 0.29) is 5.97 Å². The second kappa shape index (κ2) is 5.93. The maximum Gasteiger partial charge on any atom is 0.302 e. The molecule has 2 aliphatic rings. The SMILES string of the molecule is CC(=O)OCC(C)CB1C2CCCC1CCC2. The van der Waals surface area contributed by atoms with Crippen LogP contribution in [0.25, 0.3) is 0 Å². The molecule has 3 heteroatoms. The zero-order chi connectivity index (χ0) is 12.3. The number of ether oxygens (including phenoxy) is 1. The summed E-state index contributed by atoms with van der Waals surface area (Å²) < 4.78 is 5.13. The molecule has 0 aromatic heterocycles. The van der Waals surface area contributed by atoms with Crippen LogP contribution in [0.4, 0.5) is 0 Å². The van der Waals surface area contributed by atoms with Crippen LogP contribution in [-0.2, 0) is 9.53 Å². The van der Waals surface area contributed by atoms with E-state index in [1.807, 2.05) is 0 Å². The number of hydrogen-bond acceptors (Lipinski definition) is 2. The third-order valence-corrected chi connectivity index (χ3v) is 4.76. The van der Waals surface area contributed by atoms with Gasteiger partial charge in [-0.3, -0.25) is 4.79 Å². The summed E-state index contributed by atoms with van der Waals surface area (Å²) in [7, 11) is 0. The Labute approximate surface area is 106 Å². The summed E-state index contributed by atoms with van der Waals surface area (Å²) in [5.74, 6) is 2.34. The number of carbonyl (C=O) groups excluding carboxylic acids is 1. The van der Waals surface area contributed by atoms with Gasteiger partial charge in [0.1, 0.15) is 6.71 Å². The number of hydrogen-bond donors (Lipinski definition) is 0. The average Bonchev–Trinajstić information content (AvgIpc) is 2.26. The van der Waals surface area contributed by atoms with E-state index in [4.69, 9.17) is 4.74 Å². The van der Waals surface area contributed by atoms with Crippen molar-refractivity contribution in [3.05, 3.63) is 0 Å². The summed E-state index contributed by atoms with van der Waals surface area (Å²) in [6.45, 7) is 5.27. The van der Waals surface area contributed by atoms with Crippen LogP contribution >= 0.6 is 0 Å². The molecule has 2 heterocycles. The highest BCUT2D eigenvalue weighted by molar-refractivity contribution is 6.62. The van der Waals surface area contributed by atoms with Crippen LogP contribution < -0.4 is 0 Å². The molecule has 2 saturated heterocycles. The second-order valence-electron chi connectivity index (χ2n) is 6.19. The third kappa shape index (κ3) is 3.50. The first kappa shape index (κ1) is 13.0. The van der Waals surface area contributed by atoms with Gasteiger partial charge < -0.3 is 4.74 Å². The van der Waals surface area contributed by atoms with Gasteiger partial charge in [0.15, 0.2) is 0 Å². The van der Waals surface area contributed by atoms with Gasteiger partial charge in [-0.05, 0) is 5.92 Å². The molecule has 0 spiro atoms. The van der Waals surface area contributed by atoms with Crippen LogP contribution in [0.15, 0.2) is 0 Å². The predicted molar refractivity (Wildman–Crippen MR) is 71.6 cm³/mol. The lowest BCUT2D eigenvalue weighted by atomic mass is 9.25. The highest BCUT2D eigenvalue weighted by atomic mass is 16.5. The Kier molecular flexibility index (Phi) is 4.52. The molecule has 0 saturated carbocycles. The molecule has 2 bridgehead atoms. The standard InChI is InChI=1S/C14H25BO2/c1-11(10-17-12(2)16)9-15-13-5-3-6-14(15)8-4-7-13/h11,13-14H,3-10H2,1-2H3. The summed E-state index contributed by atoms with van der Waals surface area (Å²) in [4.78, 5) is 10.8. The van der Waals surface area contributed by atoms with E-state index >= 15 is 0 Å². The fourth-order valence-corrected chi connectivity index (χ4v) is 3.99. The van der Waals surface area contributed by atoms with E-state index in [0.29, 0.717) is 12.5 Å². The summed E-state index contributed by atoms with van der Waals surface area (Å²) in [5, 5.41) is 0. The fourth-order valence-electron chi connectivity index (χ4n) is 3.99. The van der Waals surface area contributed by atoms with Crippen LogP contribution in [0, 0.1) is 5.92 Å². The molecule has 0 N–H and O–H groups in total. The number of fused-ring (bicyclic) bond motifs is 2. The van der Waals surface area contributed by atoms with E-state index in [9.17, 15) is 4.79 Å². The molecule has 96 valence electrons. The van der Waals surface area contributed by atoms with E-state index in [0.717, 1.165) is 18.3 Å². The normalized spacial score (nSPS) is 29.9. The van der Waals surface area contributed by atoms with Gasteiger partial charge in [-0.2, -0.15) is 0 Å². The quantitative estimate of drug-likeness (QED) is 0.548. The Balaban J connectivity index is 1.82. The molecular weight excluding hydrogens is 211 g/mol. The minimum absolute atomic E-state index is 0.138. The van der Waals surface area contributed by atoms with Crippen LogP contribution in [0.5, 0.6) is 0 Å². The molecule has 2 aliphatic heterocycles. The summed E-state index contributed by atoms with van der Waals surface area (Å²) in [6, 6.07) is 0. The second-order valence-corrected chi connectivity index (χ2v) is 6.19. The molecule has 0 radical (unpaired) electrons. The number of rotatable bonds is 4. The monoisotopic (exact) mass is 236 g/mol. The molecule has 2 rings (SSSR count). The van der Waals surface area contributed by atoms with Crippen molar-refractivity contribution in [2.45, 2.75) is 70.3 Å². The zero-order valence-corrected chi connectivity index (χ0v) is 11.3. The minimum Gasteiger partial charge on any atom is -0.466 e. The van der Waals surface area contributed by atoms with E-state index < -0.39 is 0 Å². The Bertz CT molecular complexity index is 245. The van der Waals surface area contributed by atoms with Crippen LogP contribution in [0.1, 0.15) is 52.4 Å². The maximum atomic E-state index is 10.8. The van der Waals surface area contributed by atoms with Crippen molar-refractivity contribution >= 4 is 12.7 Å². The largest absolute Gasteiger partial charge is 0.466 e. The lowest BCUT2D eigenvalue weighted by Gasteiger charge is -2.41. The molecule has 1 unspecified atom stereocenters. The molecule has 0 aromatic carbocycles. The maximum absolute atomic E-state index is 10.8. The van der Waals surface area contributed by atoms with E-state index in [2.05, 4.69) is 6.92 Å². The first-order valence-electron chi connectivity index (χ1n) is 7.30. The highest BCUT2D eigenvalue weighted by Gasteiger charge is 2.39. The molecular formula is C14H25BO2. The third-order valence-electron chi connectivity index (χ3n) is 4.76. The molecule has 17 heavy (non-hydrogen) atoms. The van der Waals surface area contributed by atoms with Gasteiger partial charge in [0.25, 0.3) is 0 Å². The summed E-state index contributed by atoms with van der Waals surface area (Å²) >= 11 is 0. The fraction of sp³-hybridized carbons (Fsp3) is 0.929. The van der Waals surface area contributed by atoms with E-state index in [1.165, 1.54) is 51.8 Å². The van der Waals surface area contributed by atoms with Gasteiger partial charge in [0.2, 0.25) is 0 Å². The molecule has 0 aliphatic carbocycles. The Morgan fingerprint density at radius 1 is 1.24 bits per heavy atom. The van der Waals surface area contributed by atoms with Crippen molar-refractivity contribution in [1.82, 2.24) is 0 Å². The molecule has 0 aromatic rings. The van der Waals surface area contributed by atoms with Crippen molar-refractivity contribution in [1.29, 1.82) is 0 Å². The van der Waals surface area contributed by atoms with Gasteiger partial charge in [0.05, 0.1) is 6.61 Å². The van der Waals surface area contributed by atoms with E-state index in [1.54, 1.807) is 0 Å². The van der Waals surface area contributed by atoms with Gasteiger partial charge >= 0.3 is 5.97 Å². The van der Waals surface area contributed by atoms with Crippen molar-refractivity contribution in [3.63, 3.8) is 0 Å². The van der Waals surface area contributed by atoms with Crippen LogP contribution in [-0.4, -0.2) is 19.3 Å². The van der Waals surface area contributed by atoms with Gasteiger partial charge in [-0.15, -0.1) is 0 Å². The van der Waals surface area contributed by atoms with Gasteiger partial charge in [0, 0.05) is 6.92 Å². The molecule has 0 amide bonds. The zero-order valence-electron chi connectivity index (χ0n) is 11.3. The first-order chi connectivity index (χ1) is 8.16. The topological polar surface area (TPSA) is 26.3 Å². The molecule has 1 atom stereocenters. The average molecular weight is 236 g/mol. The van der Waals surface area contributed by atoms with Gasteiger partial charge in [-0.1, -0.05) is 63.4 Å². The van der Waals surface area contributed by atoms with Crippen molar-refractivity contribution in [3.8, 4) is 0 Å². The highest BCUT2D eigenvalue weighted by Crippen LogP contribution is 2.48. The number of carbonyl (C=O) groups is 1. The molecule has 2 fully saturated rings. The van der Waals surface area contributed by atoms with Crippen LogP contribution in [0.2, 0.25) is 18.0 Å². The Morgan fingerprint density at radius 2 is 1.76 bits per heavy atom. The lowest BCUT2D eigenvalue weighted by Crippen LogP contribution is -2.36. The summed E-state index contributed by atoms with van der Waals surface area (Å²) in [6.07, 6.45) is 9.95. The van der Waals surface area contributed by atoms with Crippen LogP contribution in [0.3, 0.4) is 0 Å². The Morgan fingerprint density at radius 3 is 2.24 bits per heavy atom. The van der Waals surface area contributed by atoms with Crippen molar-refractivity contribution < 1.29 is 9.53 Å². The smallest absolute Gasteiger partial charge is 0.302 e.